The Kier molecular flexibility index (Phi) is 6.14. The van der Waals surface area contributed by atoms with E-state index in [0.717, 1.165) is 23.8 Å². The summed E-state index contributed by atoms with van der Waals surface area (Å²) in [5.74, 6) is -0.0612. The van der Waals surface area contributed by atoms with Crippen LogP contribution >= 0.6 is 0 Å². The van der Waals surface area contributed by atoms with Gasteiger partial charge in [0.25, 0.3) is 5.91 Å². The zero-order valence-electron chi connectivity index (χ0n) is 18.9. The maximum atomic E-state index is 13.3. The lowest BCUT2D eigenvalue weighted by Crippen LogP contribution is -2.27. The van der Waals surface area contributed by atoms with Crippen molar-refractivity contribution >= 4 is 23.2 Å². The van der Waals surface area contributed by atoms with Gasteiger partial charge in [-0.1, -0.05) is 39.0 Å². The third-order valence-electron chi connectivity index (χ3n) is 5.57. The predicted octanol–water partition coefficient (Wildman–Crippen LogP) is 6.88. The van der Waals surface area contributed by atoms with Gasteiger partial charge in [0.15, 0.2) is 6.29 Å². The first kappa shape index (κ1) is 22.5. The molecule has 0 radical (unpaired) electrons. The Labute approximate surface area is 192 Å². The van der Waals surface area contributed by atoms with Crippen molar-refractivity contribution < 1.29 is 18.4 Å². The van der Waals surface area contributed by atoms with Crippen LogP contribution in [0.1, 0.15) is 47.9 Å². The molecule has 1 N–H and O–H groups in total. The van der Waals surface area contributed by atoms with Gasteiger partial charge in [0.05, 0.1) is 5.56 Å². The Hall–Kier alpha value is -3.73. The molecule has 0 saturated heterocycles. The van der Waals surface area contributed by atoms with Crippen LogP contribution in [0.3, 0.4) is 0 Å². The number of rotatable bonds is 6. The number of fused-ring (bicyclic) bond motifs is 1. The number of carbonyl (C=O) groups excluding carboxylic acids is 2. The van der Waals surface area contributed by atoms with Crippen LogP contribution in [0.25, 0.3) is 33.4 Å². The first-order valence-electron chi connectivity index (χ1n) is 10.9. The molecule has 0 aliphatic rings. The number of benzene rings is 3. The van der Waals surface area contributed by atoms with Crippen LogP contribution in [0.2, 0.25) is 0 Å². The maximum Gasteiger partial charge on any atom is 0.251 e. The fraction of sp³-hybridized carbons (Fsp3) is 0.214. The van der Waals surface area contributed by atoms with Crippen LogP contribution in [0.5, 0.6) is 0 Å². The lowest BCUT2D eigenvalue weighted by molar-refractivity contribution is 0.0949. The largest absolute Gasteiger partial charge is 0.455 e. The molecule has 0 fully saturated rings. The van der Waals surface area contributed by atoms with Crippen molar-refractivity contribution in [3.63, 3.8) is 0 Å². The molecule has 1 aromatic heterocycles. The van der Waals surface area contributed by atoms with E-state index in [4.69, 9.17) is 4.42 Å². The third-order valence-corrected chi connectivity index (χ3v) is 5.57. The average Bonchev–Trinajstić information content (AvgIpc) is 3.16. The van der Waals surface area contributed by atoms with Crippen molar-refractivity contribution in [3.8, 4) is 22.5 Å². The number of hydrogen-bond donors (Lipinski definition) is 1. The van der Waals surface area contributed by atoms with E-state index in [0.29, 0.717) is 40.0 Å². The topological polar surface area (TPSA) is 59.3 Å². The zero-order valence-corrected chi connectivity index (χ0v) is 18.9. The number of halogens is 1. The summed E-state index contributed by atoms with van der Waals surface area (Å²) >= 11 is 0. The van der Waals surface area contributed by atoms with Crippen molar-refractivity contribution in [1.82, 2.24) is 5.32 Å². The van der Waals surface area contributed by atoms with Gasteiger partial charge >= 0.3 is 0 Å². The van der Waals surface area contributed by atoms with Gasteiger partial charge in [0, 0.05) is 23.1 Å². The van der Waals surface area contributed by atoms with E-state index in [1.807, 2.05) is 30.3 Å². The molecular formula is C28H26FNO3. The quantitative estimate of drug-likeness (QED) is 0.330. The van der Waals surface area contributed by atoms with Crippen LogP contribution in [0.4, 0.5) is 4.39 Å². The SMILES string of the molecule is CC(C)(C)CCNC(=O)c1cccc(-c2ccc3oc(-c4ccc(F)cc4)c(C=O)c3c2)c1. The molecule has 0 saturated carbocycles. The van der Waals surface area contributed by atoms with Crippen LogP contribution in [0.15, 0.2) is 71.1 Å². The fourth-order valence-electron chi connectivity index (χ4n) is 3.72. The molecule has 0 unspecified atom stereocenters. The molecule has 0 bridgehead atoms. The Morgan fingerprint density at radius 1 is 0.970 bits per heavy atom. The summed E-state index contributed by atoms with van der Waals surface area (Å²) in [5, 5.41) is 3.65. The van der Waals surface area contributed by atoms with E-state index in [1.165, 1.54) is 12.1 Å². The Balaban J connectivity index is 1.65. The van der Waals surface area contributed by atoms with Gasteiger partial charge in [-0.05, 0) is 71.5 Å². The van der Waals surface area contributed by atoms with Crippen LogP contribution in [-0.4, -0.2) is 18.7 Å². The zero-order chi connectivity index (χ0) is 23.6. The molecule has 0 aliphatic carbocycles. The van der Waals surface area contributed by atoms with Crippen LogP contribution in [-0.2, 0) is 0 Å². The van der Waals surface area contributed by atoms with E-state index in [1.54, 1.807) is 24.3 Å². The molecule has 0 atom stereocenters. The number of aldehydes is 1. The molecular weight excluding hydrogens is 417 g/mol. The summed E-state index contributed by atoms with van der Waals surface area (Å²) in [6.45, 7) is 7.03. The normalized spacial score (nSPS) is 11.5. The summed E-state index contributed by atoms with van der Waals surface area (Å²) in [7, 11) is 0. The molecule has 5 heteroatoms. The second kappa shape index (κ2) is 9.02. The molecule has 0 spiro atoms. The highest BCUT2D eigenvalue weighted by Gasteiger charge is 2.17. The van der Waals surface area contributed by atoms with Crippen LogP contribution < -0.4 is 5.32 Å². The standard InChI is InChI=1S/C28H26FNO3/c1-28(2,3)13-14-30-27(32)21-6-4-5-19(15-21)20-9-12-25-23(16-20)24(17-31)26(33-25)18-7-10-22(29)11-8-18/h4-12,15-17H,13-14H2,1-3H3,(H,30,32). The predicted molar refractivity (Wildman–Crippen MR) is 129 cm³/mol. The molecule has 1 heterocycles. The van der Waals surface area contributed by atoms with Crippen molar-refractivity contribution in [2.24, 2.45) is 5.41 Å². The smallest absolute Gasteiger partial charge is 0.251 e. The highest BCUT2D eigenvalue weighted by molar-refractivity contribution is 6.04. The highest BCUT2D eigenvalue weighted by atomic mass is 19.1. The fourth-order valence-corrected chi connectivity index (χ4v) is 3.72. The second-order valence-corrected chi connectivity index (χ2v) is 9.33. The van der Waals surface area contributed by atoms with E-state index >= 15 is 0 Å². The Bertz CT molecular complexity index is 1310. The van der Waals surface area contributed by atoms with Crippen molar-refractivity contribution in [2.75, 3.05) is 6.54 Å². The van der Waals surface area contributed by atoms with Gasteiger partial charge in [-0.2, -0.15) is 0 Å². The Morgan fingerprint density at radius 3 is 2.36 bits per heavy atom. The molecule has 33 heavy (non-hydrogen) atoms. The van der Waals surface area contributed by atoms with E-state index in [9.17, 15) is 14.0 Å². The number of furan rings is 1. The maximum absolute atomic E-state index is 13.3. The summed E-state index contributed by atoms with van der Waals surface area (Å²) in [6, 6.07) is 18.8. The molecule has 4 aromatic rings. The molecule has 1 amide bonds. The molecule has 3 aromatic carbocycles. The van der Waals surface area contributed by atoms with E-state index < -0.39 is 0 Å². The summed E-state index contributed by atoms with van der Waals surface area (Å²) < 4.78 is 19.2. The minimum atomic E-state index is -0.355. The number of hydrogen-bond acceptors (Lipinski definition) is 3. The lowest BCUT2D eigenvalue weighted by atomic mass is 9.92. The lowest BCUT2D eigenvalue weighted by Gasteiger charge is -2.18. The number of nitrogens with one attached hydrogen (secondary N) is 1. The van der Waals surface area contributed by atoms with Crippen molar-refractivity contribution in [1.29, 1.82) is 0 Å². The van der Waals surface area contributed by atoms with E-state index in [2.05, 4.69) is 26.1 Å². The number of amides is 1. The van der Waals surface area contributed by atoms with Crippen LogP contribution in [0, 0.1) is 11.2 Å². The van der Waals surface area contributed by atoms with Gasteiger partial charge in [-0.15, -0.1) is 0 Å². The van der Waals surface area contributed by atoms with Crippen molar-refractivity contribution in [3.05, 3.63) is 83.7 Å². The highest BCUT2D eigenvalue weighted by Crippen LogP contribution is 2.35. The summed E-state index contributed by atoms with van der Waals surface area (Å²) in [6.07, 6.45) is 1.65. The summed E-state index contributed by atoms with van der Waals surface area (Å²) in [4.78, 5) is 24.5. The van der Waals surface area contributed by atoms with Gasteiger partial charge in [-0.3, -0.25) is 9.59 Å². The molecule has 168 valence electrons. The average molecular weight is 444 g/mol. The monoisotopic (exact) mass is 443 g/mol. The van der Waals surface area contributed by atoms with Gasteiger partial charge in [0.1, 0.15) is 17.2 Å². The molecule has 4 nitrogen and oxygen atoms in total. The summed E-state index contributed by atoms with van der Waals surface area (Å²) in [5.41, 5.74) is 4.06. The molecule has 4 rings (SSSR count). The van der Waals surface area contributed by atoms with Gasteiger partial charge in [-0.25, -0.2) is 4.39 Å². The van der Waals surface area contributed by atoms with Gasteiger partial charge < -0.3 is 9.73 Å². The van der Waals surface area contributed by atoms with Gasteiger partial charge in [0.2, 0.25) is 0 Å². The second-order valence-electron chi connectivity index (χ2n) is 9.33. The van der Waals surface area contributed by atoms with Crippen molar-refractivity contribution in [2.45, 2.75) is 27.2 Å². The number of carbonyl (C=O) groups is 2. The van der Waals surface area contributed by atoms with E-state index in [-0.39, 0.29) is 17.1 Å². The first-order chi connectivity index (χ1) is 15.7. The third kappa shape index (κ3) is 5.03. The first-order valence-corrected chi connectivity index (χ1v) is 10.9. The minimum Gasteiger partial charge on any atom is -0.455 e. The Morgan fingerprint density at radius 2 is 1.67 bits per heavy atom. The molecule has 0 aliphatic heterocycles. The minimum absolute atomic E-state index is 0.113.